The smallest absolute Gasteiger partial charge is 0.233 e. The van der Waals surface area contributed by atoms with Gasteiger partial charge in [-0.15, -0.1) is 11.8 Å². The van der Waals surface area contributed by atoms with Gasteiger partial charge in [0.15, 0.2) is 0 Å². The Bertz CT molecular complexity index is 231. The Morgan fingerprint density at radius 1 is 1.71 bits per heavy atom. The van der Waals surface area contributed by atoms with E-state index in [1.807, 2.05) is 6.92 Å². The Hall–Kier alpha value is -0.690. The van der Waals surface area contributed by atoms with Gasteiger partial charge in [0.2, 0.25) is 5.91 Å². The molecule has 1 amide bonds. The summed E-state index contributed by atoms with van der Waals surface area (Å²) in [6.07, 6.45) is 3.75. The van der Waals surface area contributed by atoms with Gasteiger partial charge in [0.1, 0.15) is 0 Å². The first-order chi connectivity index (χ1) is 6.74. The van der Waals surface area contributed by atoms with Crippen LogP contribution in [0.3, 0.4) is 0 Å². The number of carbonyl (C=O) groups excluding carboxylic acids is 1. The van der Waals surface area contributed by atoms with Gasteiger partial charge in [0.05, 0.1) is 17.7 Å². The second-order valence-corrected chi connectivity index (χ2v) is 4.94. The van der Waals surface area contributed by atoms with Crippen molar-refractivity contribution in [1.29, 1.82) is 5.26 Å². The highest BCUT2D eigenvalue weighted by molar-refractivity contribution is 8.00. The molecular weight excluding hydrogens is 196 g/mol. The molecule has 0 aromatic heterocycles. The van der Waals surface area contributed by atoms with E-state index in [1.54, 1.807) is 11.8 Å². The van der Waals surface area contributed by atoms with Crippen LogP contribution in [0.1, 0.15) is 32.6 Å². The number of amides is 1. The molecular formula is C10H16N2OS. The van der Waals surface area contributed by atoms with Crippen LogP contribution in [0.25, 0.3) is 0 Å². The first-order valence-corrected chi connectivity index (χ1v) is 6.08. The van der Waals surface area contributed by atoms with E-state index in [-0.39, 0.29) is 17.2 Å². The van der Waals surface area contributed by atoms with Crippen LogP contribution in [-0.2, 0) is 4.79 Å². The zero-order valence-corrected chi connectivity index (χ0v) is 9.27. The number of nitriles is 1. The van der Waals surface area contributed by atoms with Crippen LogP contribution in [-0.4, -0.2) is 23.0 Å². The summed E-state index contributed by atoms with van der Waals surface area (Å²) < 4.78 is 0. The quantitative estimate of drug-likeness (QED) is 0.774. The minimum absolute atomic E-state index is 0.0185. The molecule has 1 rings (SSSR count). The predicted octanol–water partition coefficient (Wildman–Crippen LogP) is 1.69. The maximum atomic E-state index is 11.6. The number of carbonyl (C=O) groups is 1. The van der Waals surface area contributed by atoms with Crippen molar-refractivity contribution in [2.24, 2.45) is 0 Å². The summed E-state index contributed by atoms with van der Waals surface area (Å²) in [5, 5.41) is 11.4. The summed E-state index contributed by atoms with van der Waals surface area (Å²) in [4.78, 5) is 11.6. The largest absolute Gasteiger partial charge is 0.352 e. The average molecular weight is 212 g/mol. The van der Waals surface area contributed by atoms with Crippen molar-refractivity contribution in [3.63, 3.8) is 0 Å². The molecule has 0 spiro atoms. The van der Waals surface area contributed by atoms with Gasteiger partial charge in [-0.3, -0.25) is 4.79 Å². The Morgan fingerprint density at radius 2 is 2.50 bits per heavy atom. The average Bonchev–Trinajstić information content (AvgIpc) is 2.19. The number of hydrogen-bond donors (Lipinski definition) is 1. The molecule has 78 valence electrons. The lowest BCUT2D eigenvalue weighted by Crippen LogP contribution is -2.39. The standard InChI is InChI=1S/C10H16N2OS/c1-8(5-6-11)12-10(13)9-4-2-3-7-14-9/h8-9H,2-5,7H2,1H3,(H,12,13). The molecule has 1 aliphatic rings. The van der Waals surface area contributed by atoms with Gasteiger partial charge in [-0.05, 0) is 25.5 Å². The molecule has 2 atom stereocenters. The molecule has 0 aliphatic carbocycles. The molecule has 0 saturated carbocycles. The molecule has 1 N–H and O–H groups in total. The first-order valence-electron chi connectivity index (χ1n) is 5.03. The van der Waals surface area contributed by atoms with Gasteiger partial charge in [0.25, 0.3) is 0 Å². The normalized spacial score (nSPS) is 23.6. The van der Waals surface area contributed by atoms with Crippen LogP contribution in [0, 0.1) is 11.3 Å². The third kappa shape index (κ3) is 3.59. The summed E-state index contributed by atoms with van der Waals surface area (Å²) in [7, 11) is 0. The topological polar surface area (TPSA) is 52.9 Å². The van der Waals surface area contributed by atoms with E-state index in [0.717, 1.165) is 18.6 Å². The maximum absolute atomic E-state index is 11.6. The molecule has 1 heterocycles. The van der Waals surface area contributed by atoms with Gasteiger partial charge in [-0.25, -0.2) is 0 Å². The zero-order valence-electron chi connectivity index (χ0n) is 8.45. The van der Waals surface area contributed by atoms with Crippen LogP contribution in [0.2, 0.25) is 0 Å². The number of hydrogen-bond acceptors (Lipinski definition) is 3. The van der Waals surface area contributed by atoms with Crippen LogP contribution >= 0.6 is 11.8 Å². The maximum Gasteiger partial charge on any atom is 0.233 e. The van der Waals surface area contributed by atoms with Crippen LogP contribution < -0.4 is 5.32 Å². The third-order valence-corrected chi connectivity index (χ3v) is 3.63. The van der Waals surface area contributed by atoms with Crippen LogP contribution in [0.15, 0.2) is 0 Å². The number of nitrogens with zero attached hydrogens (tertiary/aromatic N) is 1. The van der Waals surface area contributed by atoms with Crippen molar-refractivity contribution in [2.45, 2.75) is 43.9 Å². The lowest BCUT2D eigenvalue weighted by atomic mass is 10.1. The predicted molar refractivity (Wildman–Crippen MR) is 57.9 cm³/mol. The van der Waals surface area contributed by atoms with Gasteiger partial charge < -0.3 is 5.32 Å². The lowest BCUT2D eigenvalue weighted by molar-refractivity contribution is -0.121. The van der Waals surface area contributed by atoms with Crippen molar-refractivity contribution >= 4 is 17.7 Å². The second-order valence-electron chi connectivity index (χ2n) is 3.63. The molecule has 4 heteroatoms. The Labute approximate surface area is 89.2 Å². The minimum Gasteiger partial charge on any atom is -0.352 e. The molecule has 0 aromatic carbocycles. The molecule has 14 heavy (non-hydrogen) atoms. The molecule has 1 fully saturated rings. The van der Waals surface area contributed by atoms with E-state index >= 15 is 0 Å². The van der Waals surface area contributed by atoms with E-state index in [1.165, 1.54) is 6.42 Å². The van der Waals surface area contributed by atoms with E-state index < -0.39 is 0 Å². The monoisotopic (exact) mass is 212 g/mol. The van der Waals surface area contributed by atoms with Gasteiger partial charge in [-0.2, -0.15) is 5.26 Å². The Balaban J connectivity index is 2.30. The minimum atomic E-state index is -0.0185. The Kier molecular flexibility index (Phi) is 4.81. The fourth-order valence-electron chi connectivity index (χ4n) is 1.47. The fraction of sp³-hybridized carbons (Fsp3) is 0.800. The van der Waals surface area contributed by atoms with Crippen molar-refractivity contribution < 1.29 is 4.79 Å². The summed E-state index contributed by atoms with van der Waals surface area (Å²) in [5.41, 5.74) is 0. The highest BCUT2D eigenvalue weighted by Gasteiger charge is 2.22. The fourth-order valence-corrected chi connectivity index (χ4v) is 2.68. The SMILES string of the molecule is CC(CC#N)NC(=O)C1CCCCS1. The van der Waals surface area contributed by atoms with Gasteiger partial charge >= 0.3 is 0 Å². The summed E-state index contributed by atoms with van der Waals surface area (Å²) in [5.74, 6) is 1.20. The van der Waals surface area contributed by atoms with Gasteiger partial charge in [-0.1, -0.05) is 6.42 Å². The first kappa shape index (κ1) is 11.4. The second kappa shape index (κ2) is 5.92. The molecule has 1 saturated heterocycles. The zero-order chi connectivity index (χ0) is 10.4. The summed E-state index contributed by atoms with van der Waals surface area (Å²) in [6.45, 7) is 1.87. The lowest BCUT2D eigenvalue weighted by Gasteiger charge is -2.22. The summed E-state index contributed by atoms with van der Waals surface area (Å²) in [6, 6.07) is 2.04. The van der Waals surface area contributed by atoms with E-state index in [9.17, 15) is 4.79 Å². The highest BCUT2D eigenvalue weighted by Crippen LogP contribution is 2.25. The molecule has 0 aromatic rings. The highest BCUT2D eigenvalue weighted by atomic mass is 32.2. The van der Waals surface area contributed by atoms with E-state index in [4.69, 9.17) is 5.26 Å². The Morgan fingerprint density at radius 3 is 3.07 bits per heavy atom. The van der Waals surface area contributed by atoms with Crippen molar-refractivity contribution in [3.05, 3.63) is 0 Å². The molecule has 0 radical (unpaired) electrons. The number of thioether (sulfide) groups is 1. The van der Waals surface area contributed by atoms with Crippen LogP contribution in [0.5, 0.6) is 0 Å². The van der Waals surface area contributed by atoms with Crippen molar-refractivity contribution in [1.82, 2.24) is 5.32 Å². The van der Waals surface area contributed by atoms with Crippen LogP contribution in [0.4, 0.5) is 0 Å². The number of rotatable bonds is 3. The summed E-state index contributed by atoms with van der Waals surface area (Å²) >= 11 is 1.74. The molecule has 1 aliphatic heterocycles. The van der Waals surface area contributed by atoms with Crippen molar-refractivity contribution in [2.75, 3.05) is 5.75 Å². The van der Waals surface area contributed by atoms with Crippen molar-refractivity contribution in [3.8, 4) is 6.07 Å². The molecule has 3 nitrogen and oxygen atoms in total. The van der Waals surface area contributed by atoms with E-state index in [2.05, 4.69) is 11.4 Å². The third-order valence-electron chi connectivity index (χ3n) is 2.26. The van der Waals surface area contributed by atoms with E-state index in [0.29, 0.717) is 6.42 Å². The number of nitrogens with one attached hydrogen (secondary N) is 1. The van der Waals surface area contributed by atoms with Gasteiger partial charge in [0, 0.05) is 6.04 Å². The molecule has 2 unspecified atom stereocenters. The molecule has 0 bridgehead atoms.